The van der Waals surface area contributed by atoms with Gasteiger partial charge in [-0.3, -0.25) is 14.9 Å². The Morgan fingerprint density at radius 2 is 2.14 bits per heavy atom. The van der Waals surface area contributed by atoms with Crippen molar-refractivity contribution in [3.05, 3.63) is 10.1 Å². The molecule has 2 fully saturated rings. The SMILES string of the molecule is O=C1CC[C@H]([N+](=O)[O-])[C@H]2CCCCN12. The first kappa shape index (κ1) is 9.43. The summed E-state index contributed by atoms with van der Waals surface area (Å²) in [6, 6.07) is -0.645. The Hall–Kier alpha value is -1.13. The number of fused-ring (bicyclic) bond motifs is 1. The largest absolute Gasteiger partial charge is 0.333 e. The molecule has 2 saturated heterocycles. The molecule has 2 atom stereocenters. The van der Waals surface area contributed by atoms with Gasteiger partial charge < -0.3 is 4.90 Å². The number of hydrogen-bond donors (Lipinski definition) is 0. The molecule has 78 valence electrons. The summed E-state index contributed by atoms with van der Waals surface area (Å²) in [5.74, 6) is 0.104. The van der Waals surface area contributed by atoms with E-state index in [1.54, 1.807) is 4.90 Å². The summed E-state index contributed by atoms with van der Waals surface area (Å²) in [4.78, 5) is 23.8. The van der Waals surface area contributed by atoms with E-state index in [1.165, 1.54) is 0 Å². The van der Waals surface area contributed by atoms with E-state index in [0.717, 1.165) is 19.3 Å². The van der Waals surface area contributed by atoms with Crippen LogP contribution < -0.4 is 0 Å². The van der Waals surface area contributed by atoms with Crippen LogP contribution in [0.3, 0.4) is 0 Å². The van der Waals surface area contributed by atoms with Crippen LogP contribution in [0.5, 0.6) is 0 Å². The molecule has 0 spiro atoms. The van der Waals surface area contributed by atoms with Gasteiger partial charge in [-0.05, 0) is 19.3 Å². The van der Waals surface area contributed by atoms with Crippen molar-refractivity contribution >= 4 is 5.91 Å². The highest BCUT2D eigenvalue weighted by atomic mass is 16.6. The van der Waals surface area contributed by atoms with Crippen LogP contribution in [0.4, 0.5) is 0 Å². The zero-order valence-electron chi connectivity index (χ0n) is 8.02. The van der Waals surface area contributed by atoms with Gasteiger partial charge in [0.05, 0.1) is 6.04 Å². The van der Waals surface area contributed by atoms with Gasteiger partial charge in [0.15, 0.2) is 0 Å². The highest BCUT2D eigenvalue weighted by Crippen LogP contribution is 2.28. The second-order valence-electron chi connectivity index (χ2n) is 4.04. The second-order valence-corrected chi connectivity index (χ2v) is 4.04. The van der Waals surface area contributed by atoms with Crippen molar-refractivity contribution in [2.75, 3.05) is 6.54 Å². The Bertz CT molecular complexity index is 265. The number of carbonyl (C=O) groups excluding carboxylic acids is 1. The fourth-order valence-corrected chi connectivity index (χ4v) is 2.52. The van der Waals surface area contributed by atoms with E-state index in [-0.39, 0.29) is 16.9 Å². The number of nitro groups is 1. The van der Waals surface area contributed by atoms with E-state index in [0.29, 0.717) is 19.4 Å². The topological polar surface area (TPSA) is 63.4 Å². The molecule has 2 heterocycles. The normalized spacial score (nSPS) is 32.6. The first-order valence-corrected chi connectivity index (χ1v) is 5.13. The molecule has 0 aromatic heterocycles. The third kappa shape index (κ3) is 1.47. The van der Waals surface area contributed by atoms with Gasteiger partial charge in [-0.1, -0.05) is 0 Å². The average Bonchev–Trinajstić information content (AvgIpc) is 2.18. The zero-order valence-corrected chi connectivity index (χ0v) is 8.02. The monoisotopic (exact) mass is 198 g/mol. The predicted octanol–water partition coefficient (Wildman–Crippen LogP) is 0.807. The lowest BCUT2D eigenvalue weighted by Gasteiger charge is -2.40. The smallest absolute Gasteiger partial charge is 0.233 e. The maximum Gasteiger partial charge on any atom is 0.233 e. The molecule has 0 radical (unpaired) electrons. The molecule has 0 bridgehead atoms. The Kier molecular flexibility index (Phi) is 2.39. The Labute approximate surface area is 82.2 Å². The van der Waals surface area contributed by atoms with Crippen LogP contribution in [0.2, 0.25) is 0 Å². The van der Waals surface area contributed by atoms with Gasteiger partial charge in [-0.2, -0.15) is 0 Å². The summed E-state index contributed by atoms with van der Waals surface area (Å²) >= 11 is 0. The van der Waals surface area contributed by atoms with Gasteiger partial charge in [-0.25, -0.2) is 0 Å². The maximum absolute atomic E-state index is 11.5. The number of hydrogen-bond acceptors (Lipinski definition) is 3. The molecule has 5 heteroatoms. The molecule has 2 aliphatic rings. The minimum atomic E-state index is -0.520. The molecule has 1 amide bonds. The van der Waals surface area contributed by atoms with Crippen LogP contribution in [-0.2, 0) is 4.79 Å². The molecule has 14 heavy (non-hydrogen) atoms. The van der Waals surface area contributed by atoms with Crippen LogP contribution in [-0.4, -0.2) is 34.4 Å². The van der Waals surface area contributed by atoms with E-state index in [4.69, 9.17) is 0 Å². The quantitative estimate of drug-likeness (QED) is 0.462. The van der Waals surface area contributed by atoms with Crippen molar-refractivity contribution in [1.29, 1.82) is 0 Å². The maximum atomic E-state index is 11.5. The molecule has 5 nitrogen and oxygen atoms in total. The van der Waals surface area contributed by atoms with Gasteiger partial charge in [0.1, 0.15) is 0 Å². The van der Waals surface area contributed by atoms with Crippen LogP contribution in [0.25, 0.3) is 0 Å². The Morgan fingerprint density at radius 3 is 2.86 bits per heavy atom. The number of nitrogens with zero attached hydrogens (tertiary/aromatic N) is 2. The lowest BCUT2D eigenvalue weighted by Crippen LogP contribution is -2.55. The fourth-order valence-electron chi connectivity index (χ4n) is 2.52. The van der Waals surface area contributed by atoms with Crippen molar-refractivity contribution in [1.82, 2.24) is 4.90 Å². The van der Waals surface area contributed by atoms with Gasteiger partial charge in [0, 0.05) is 24.3 Å². The Morgan fingerprint density at radius 1 is 1.36 bits per heavy atom. The predicted molar refractivity (Wildman–Crippen MR) is 49.4 cm³/mol. The minimum Gasteiger partial charge on any atom is -0.333 e. The van der Waals surface area contributed by atoms with Gasteiger partial charge in [0.2, 0.25) is 11.9 Å². The zero-order chi connectivity index (χ0) is 10.1. The van der Waals surface area contributed by atoms with Crippen molar-refractivity contribution in [2.45, 2.75) is 44.2 Å². The van der Waals surface area contributed by atoms with Crippen LogP contribution >= 0.6 is 0 Å². The highest BCUT2D eigenvalue weighted by molar-refractivity contribution is 5.77. The van der Waals surface area contributed by atoms with Crippen molar-refractivity contribution in [2.24, 2.45) is 0 Å². The lowest BCUT2D eigenvalue weighted by molar-refractivity contribution is -0.533. The van der Waals surface area contributed by atoms with E-state index in [9.17, 15) is 14.9 Å². The molecule has 0 aromatic carbocycles. The molecule has 0 aromatic rings. The average molecular weight is 198 g/mol. The van der Waals surface area contributed by atoms with Crippen molar-refractivity contribution in [3.63, 3.8) is 0 Å². The third-order valence-corrected chi connectivity index (χ3v) is 3.24. The summed E-state index contributed by atoms with van der Waals surface area (Å²) < 4.78 is 0. The molecule has 2 aliphatic heterocycles. The van der Waals surface area contributed by atoms with Gasteiger partial charge in [0.25, 0.3) is 0 Å². The van der Waals surface area contributed by atoms with E-state index in [2.05, 4.69) is 0 Å². The minimum absolute atomic E-state index is 0.104. The fraction of sp³-hybridized carbons (Fsp3) is 0.889. The van der Waals surface area contributed by atoms with Gasteiger partial charge >= 0.3 is 0 Å². The first-order valence-electron chi connectivity index (χ1n) is 5.13. The third-order valence-electron chi connectivity index (χ3n) is 3.24. The lowest BCUT2D eigenvalue weighted by atomic mass is 9.89. The standard InChI is InChI=1S/C9H14N2O3/c12-9-5-4-8(11(13)14)7-3-1-2-6-10(7)9/h7-8H,1-6H2/t7-,8+/m1/s1. The van der Waals surface area contributed by atoms with Crippen molar-refractivity contribution in [3.8, 4) is 0 Å². The molecule has 0 saturated carbocycles. The van der Waals surface area contributed by atoms with Crippen LogP contribution in [0, 0.1) is 10.1 Å². The van der Waals surface area contributed by atoms with Crippen LogP contribution in [0.15, 0.2) is 0 Å². The summed E-state index contributed by atoms with van der Waals surface area (Å²) in [5, 5.41) is 10.8. The van der Waals surface area contributed by atoms with E-state index >= 15 is 0 Å². The number of piperidine rings is 2. The van der Waals surface area contributed by atoms with Crippen molar-refractivity contribution < 1.29 is 9.72 Å². The van der Waals surface area contributed by atoms with E-state index < -0.39 is 6.04 Å². The second kappa shape index (κ2) is 3.55. The number of amides is 1. The van der Waals surface area contributed by atoms with Crippen LogP contribution in [0.1, 0.15) is 32.1 Å². The molecular weight excluding hydrogens is 184 g/mol. The summed E-state index contributed by atoms with van der Waals surface area (Å²) in [7, 11) is 0. The molecule has 0 N–H and O–H groups in total. The Balaban J connectivity index is 2.16. The number of carbonyl (C=O) groups is 1. The molecule has 0 aliphatic carbocycles. The van der Waals surface area contributed by atoms with E-state index in [1.807, 2.05) is 0 Å². The number of rotatable bonds is 1. The van der Waals surface area contributed by atoms with Gasteiger partial charge in [-0.15, -0.1) is 0 Å². The molecular formula is C9H14N2O3. The summed E-state index contributed by atoms with van der Waals surface area (Å²) in [5.41, 5.74) is 0. The highest BCUT2D eigenvalue weighted by Gasteiger charge is 2.43. The molecule has 0 unspecified atom stereocenters. The summed E-state index contributed by atoms with van der Waals surface area (Å²) in [6.07, 6.45) is 3.58. The summed E-state index contributed by atoms with van der Waals surface area (Å²) in [6.45, 7) is 0.716. The molecule has 2 rings (SSSR count). The first-order chi connectivity index (χ1) is 6.70.